The van der Waals surface area contributed by atoms with Crippen LogP contribution in [0.25, 0.3) is 22.2 Å². The molecule has 0 aliphatic carbocycles. The van der Waals surface area contributed by atoms with Crippen LogP contribution in [0.15, 0.2) is 42.5 Å². The standard InChI is InChI=1S/C23H24N4O2/c1-3-27-21-13-17(29-2)10-11-18(21)19(14-24)22(27)15-6-8-16(9-7-15)26-23(28)20-5-4-12-25-20/h6-11,13,20,25H,3-5,12H2,1-2H3,(H,26,28)/t20-/m0/s1. The van der Waals surface area contributed by atoms with E-state index in [0.717, 1.165) is 59.5 Å². The maximum atomic E-state index is 12.3. The van der Waals surface area contributed by atoms with Crippen LogP contribution in [0.4, 0.5) is 5.69 Å². The Hall–Kier alpha value is -3.30. The van der Waals surface area contributed by atoms with Crippen molar-refractivity contribution in [2.24, 2.45) is 0 Å². The molecule has 4 rings (SSSR count). The molecule has 1 aliphatic heterocycles. The van der Waals surface area contributed by atoms with E-state index >= 15 is 0 Å². The predicted octanol–water partition coefficient (Wildman–Crippen LogP) is 3.90. The molecule has 0 saturated carbocycles. The van der Waals surface area contributed by atoms with E-state index in [0.29, 0.717) is 5.56 Å². The van der Waals surface area contributed by atoms with Crippen molar-refractivity contribution in [2.45, 2.75) is 32.4 Å². The highest BCUT2D eigenvalue weighted by Gasteiger charge is 2.22. The van der Waals surface area contributed by atoms with Gasteiger partial charge in [0.05, 0.1) is 29.9 Å². The highest BCUT2D eigenvalue weighted by atomic mass is 16.5. The van der Waals surface area contributed by atoms with Gasteiger partial charge in [0.2, 0.25) is 5.91 Å². The van der Waals surface area contributed by atoms with Crippen molar-refractivity contribution in [2.75, 3.05) is 19.0 Å². The minimum atomic E-state index is -0.113. The summed E-state index contributed by atoms with van der Waals surface area (Å²) in [6.07, 6.45) is 1.90. The second-order valence-electron chi connectivity index (χ2n) is 7.18. The molecule has 0 spiro atoms. The molecule has 0 radical (unpaired) electrons. The van der Waals surface area contributed by atoms with E-state index in [1.807, 2.05) is 42.5 Å². The number of carbonyl (C=O) groups is 1. The number of carbonyl (C=O) groups excluding carboxylic acids is 1. The number of hydrogen-bond acceptors (Lipinski definition) is 4. The van der Waals surface area contributed by atoms with E-state index < -0.39 is 0 Å². The number of hydrogen-bond donors (Lipinski definition) is 2. The van der Waals surface area contributed by atoms with Crippen LogP contribution in [-0.4, -0.2) is 30.2 Å². The lowest BCUT2D eigenvalue weighted by Gasteiger charge is -2.12. The minimum absolute atomic E-state index is 0.00253. The largest absolute Gasteiger partial charge is 0.497 e. The summed E-state index contributed by atoms with van der Waals surface area (Å²) < 4.78 is 7.49. The third-order valence-corrected chi connectivity index (χ3v) is 5.50. The summed E-state index contributed by atoms with van der Waals surface area (Å²) in [6, 6.07) is 15.7. The molecule has 1 fully saturated rings. The summed E-state index contributed by atoms with van der Waals surface area (Å²) in [4.78, 5) is 12.3. The number of ether oxygens (including phenoxy) is 1. The molecular formula is C23H24N4O2. The van der Waals surface area contributed by atoms with Crippen LogP contribution in [0.5, 0.6) is 5.75 Å². The fourth-order valence-electron chi connectivity index (χ4n) is 4.05. The van der Waals surface area contributed by atoms with E-state index in [4.69, 9.17) is 4.74 Å². The SMILES string of the molecule is CCn1c(-c2ccc(NC(=O)[C@@H]3CCCN3)cc2)c(C#N)c2ccc(OC)cc21. The highest BCUT2D eigenvalue weighted by molar-refractivity contribution is 5.97. The van der Waals surface area contributed by atoms with Gasteiger partial charge < -0.3 is 19.9 Å². The Bertz CT molecular complexity index is 1090. The van der Waals surface area contributed by atoms with Crippen LogP contribution >= 0.6 is 0 Å². The van der Waals surface area contributed by atoms with Crippen LogP contribution in [-0.2, 0) is 11.3 Å². The molecule has 1 amide bonds. The summed E-state index contributed by atoms with van der Waals surface area (Å²) in [5.41, 5.74) is 4.20. The molecule has 2 aromatic carbocycles. The topological polar surface area (TPSA) is 79.1 Å². The first-order valence-corrected chi connectivity index (χ1v) is 9.91. The number of aromatic nitrogens is 1. The molecule has 0 bridgehead atoms. The van der Waals surface area contributed by atoms with E-state index in [2.05, 4.69) is 28.2 Å². The number of nitrogens with zero attached hydrogens (tertiary/aromatic N) is 2. The molecule has 2 heterocycles. The Balaban J connectivity index is 1.70. The number of anilines is 1. The maximum absolute atomic E-state index is 12.3. The van der Waals surface area contributed by atoms with Crippen molar-refractivity contribution in [1.29, 1.82) is 5.26 Å². The van der Waals surface area contributed by atoms with Crippen molar-refractivity contribution >= 4 is 22.5 Å². The summed E-state index contributed by atoms with van der Waals surface area (Å²) in [5.74, 6) is 0.766. The van der Waals surface area contributed by atoms with Crippen molar-refractivity contribution < 1.29 is 9.53 Å². The van der Waals surface area contributed by atoms with Crippen LogP contribution in [0, 0.1) is 11.3 Å². The van der Waals surface area contributed by atoms with Gasteiger partial charge in [-0.2, -0.15) is 5.26 Å². The fourth-order valence-corrected chi connectivity index (χ4v) is 4.05. The quantitative estimate of drug-likeness (QED) is 0.695. The van der Waals surface area contributed by atoms with Crippen molar-refractivity contribution in [3.63, 3.8) is 0 Å². The Morgan fingerprint density at radius 3 is 2.72 bits per heavy atom. The molecule has 1 aromatic heterocycles. The first-order valence-electron chi connectivity index (χ1n) is 9.91. The van der Waals surface area contributed by atoms with Gasteiger partial charge in [-0.1, -0.05) is 12.1 Å². The van der Waals surface area contributed by atoms with Crippen LogP contribution in [0.2, 0.25) is 0 Å². The zero-order valence-corrected chi connectivity index (χ0v) is 16.7. The Labute approximate surface area is 170 Å². The molecule has 2 N–H and O–H groups in total. The van der Waals surface area contributed by atoms with Crippen LogP contribution in [0.1, 0.15) is 25.3 Å². The van der Waals surface area contributed by atoms with Gasteiger partial charge in [-0.3, -0.25) is 4.79 Å². The third-order valence-electron chi connectivity index (χ3n) is 5.50. The Morgan fingerprint density at radius 2 is 2.10 bits per heavy atom. The molecule has 1 atom stereocenters. The lowest BCUT2D eigenvalue weighted by Crippen LogP contribution is -2.35. The lowest BCUT2D eigenvalue weighted by molar-refractivity contribution is -0.117. The predicted molar refractivity (Wildman–Crippen MR) is 114 cm³/mol. The number of benzene rings is 2. The molecule has 1 saturated heterocycles. The van der Waals surface area contributed by atoms with E-state index in [9.17, 15) is 10.1 Å². The van der Waals surface area contributed by atoms with E-state index in [-0.39, 0.29) is 11.9 Å². The molecule has 3 aromatic rings. The van der Waals surface area contributed by atoms with Gasteiger partial charge >= 0.3 is 0 Å². The lowest BCUT2D eigenvalue weighted by atomic mass is 10.1. The molecular weight excluding hydrogens is 364 g/mol. The van der Waals surface area contributed by atoms with Gasteiger partial charge in [0, 0.05) is 23.7 Å². The number of rotatable bonds is 5. The normalized spacial score (nSPS) is 16.0. The molecule has 6 nitrogen and oxygen atoms in total. The monoisotopic (exact) mass is 388 g/mol. The number of methoxy groups -OCH3 is 1. The van der Waals surface area contributed by atoms with Crippen LogP contribution < -0.4 is 15.4 Å². The third kappa shape index (κ3) is 3.45. The number of aryl methyl sites for hydroxylation is 1. The first kappa shape index (κ1) is 19.0. The minimum Gasteiger partial charge on any atom is -0.497 e. The second-order valence-corrected chi connectivity index (χ2v) is 7.18. The van der Waals surface area contributed by atoms with Crippen LogP contribution in [0.3, 0.4) is 0 Å². The van der Waals surface area contributed by atoms with Gasteiger partial charge in [-0.15, -0.1) is 0 Å². The number of nitrogens with one attached hydrogen (secondary N) is 2. The summed E-state index contributed by atoms with van der Waals surface area (Å²) in [7, 11) is 1.64. The van der Waals surface area contributed by atoms with Gasteiger partial charge in [-0.05, 0) is 56.1 Å². The van der Waals surface area contributed by atoms with Crippen molar-refractivity contribution in [3.8, 4) is 23.1 Å². The average molecular weight is 388 g/mol. The zero-order valence-electron chi connectivity index (χ0n) is 16.7. The number of fused-ring (bicyclic) bond motifs is 1. The van der Waals surface area contributed by atoms with Gasteiger partial charge in [0.1, 0.15) is 11.8 Å². The molecule has 1 aliphatic rings. The van der Waals surface area contributed by atoms with Crippen molar-refractivity contribution in [1.82, 2.24) is 9.88 Å². The van der Waals surface area contributed by atoms with Crippen molar-refractivity contribution in [3.05, 3.63) is 48.0 Å². The Morgan fingerprint density at radius 1 is 1.31 bits per heavy atom. The highest BCUT2D eigenvalue weighted by Crippen LogP contribution is 2.35. The number of amides is 1. The molecule has 0 unspecified atom stereocenters. The maximum Gasteiger partial charge on any atom is 0.241 e. The molecule has 6 heteroatoms. The van der Waals surface area contributed by atoms with Gasteiger partial charge in [0.15, 0.2) is 0 Å². The zero-order chi connectivity index (χ0) is 20.4. The number of nitriles is 1. The smallest absolute Gasteiger partial charge is 0.241 e. The fraction of sp³-hybridized carbons (Fsp3) is 0.304. The molecule has 148 valence electrons. The van der Waals surface area contributed by atoms with E-state index in [1.54, 1.807) is 7.11 Å². The molecule has 29 heavy (non-hydrogen) atoms. The second kappa shape index (κ2) is 7.98. The summed E-state index contributed by atoms with van der Waals surface area (Å²) in [6.45, 7) is 3.68. The van der Waals surface area contributed by atoms with Gasteiger partial charge in [0.25, 0.3) is 0 Å². The van der Waals surface area contributed by atoms with Gasteiger partial charge in [-0.25, -0.2) is 0 Å². The first-order chi connectivity index (χ1) is 14.2. The average Bonchev–Trinajstić information content (AvgIpc) is 3.39. The summed E-state index contributed by atoms with van der Waals surface area (Å²) >= 11 is 0. The summed E-state index contributed by atoms with van der Waals surface area (Å²) in [5, 5.41) is 16.9. The van der Waals surface area contributed by atoms with E-state index in [1.165, 1.54) is 0 Å². The Kier molecular flexibility index (Phi) is 5.24.